The van der Waals surface area contributed by atoms with E-state index in [9.17, 15) is 4.79 Å². The van der Waals surface area contributed by atoms with Crippen LogP contribution < -0.4 is 5.56 Å². The molecule has 1 aliphatic rings. The molecule has 2 heterocycles. The van der Waals surface area contributed by atoms with Crippen LogP contribution in [0.1, 0.15) is 11.3 Å². The Morgan fingerprint density at radius 2 is 2.40 bits per heavy atom. The first-order valence-electron chi connectivity index (χ1n) is 3.13. The Labute approximate surface area is 62.4 Å². The number of hydrogen-bond acceptors (Lipinski definition) is 2. The summed E-state index contributed by atoms with van der Waals surface area (Å²) in [6.07, 6.45) is 0. The van der Waals surface area contributed by atoms with E-state index in [0.29, 0.717) is 0 Å². The molecule has 0 aliphatic carbocycles. The fourth-order valence-electron chi connectivity index (χ4n) is 1.18. The minimum absolute atomic E-state index is 0.139. The predicted octanol–water partition coefficient (Wildman–Crippen LogP) is 0.460. The molecule has 1 aromatic rings. The summed E-state index contributed by atoms with van der Waals surface area (Å²) in [5, 5.41) is 3.01. The lowest BCUT2D eigenvalue weighted by Crippen LogP contribution is -2.14. The van der Waals surface area contributed by atoms with Crippen molar-refractivity contribution in [2.45, 2.75) is 11.5 Å². The smallest absolute Gasteiger partial charge is 0.270 e. The molecule has 0 radical (unpaired) electrons. The zero-order valence-electron chi connectivity index (χ0n) is 5.68. The SMILES string of the molecule is Cn1[nH]c2c(c1=O)CSC2. The molecular weight excluding hydrogens is 148 g/mol. The summed E-state index contributed by atoms with van der Waals surface area (Å²) in [7, 11) is 1.76. The van der Waals surface area contributed by atoms with Crippen LogP contribution in [0.5, 0.6) is 0 Å². The van der Waals surface area contributed by atoms with Gasteiger partial charge in [0.15, 0.2) is 0 Å². The molecule has 0 spiro atoms. The molecule has 0 amide bonds. The average Bonchev–Trinajstić information content (AvgIpc) is 2.41. The predicted molar refractivity (Wildman–Crippen MR) is 41.0 cm³/mol. The van der Waals surface area contributed by atoms with Gasteiger partial charge in [-0.05, 0) is 0 Å². The first-order valence-corrected chi connectivity index (χ1v) is 4.29. The van der Waals surface area contributed by atoms with Crippen molar-refractivity contribution in [3.63, 3.8) is 0 Å². The van der Waals surface area contributed by atoms with E-state index in [-0.39, 0.29) is 5.56 Å². The van der Waals surface area contributed by atoms with Gasteiger partial charge in [0, 0.05) is 18.6 Å². The summed E-state index contributed by atoms with van der Waals surface area (Å²) in [6, 6.07) is 0. The average molecular weight is 156 g/mol. The van der Waals surface area contributed by atoms with Gasteiger partial charge in [-0.25, -0.2) is 0 Å². The lowest BCUT2D eigenvalue weighted by molar-refractivity contribution is 0.728. The normalized spacial score (nSPS) is 15.7. The third kappa shape index (κ3) is 0.653. The Bertz CT molecular complexity index is 312. The molecule has 0 bridgehead atoms. The van der Waals surface area contributed by atoms with Gasteiger partial charge in [0.25, 0.3) is 5.56 Å². The maximum atomic E-state index is 11.2. The second-order valence-corrected chi connectivity index (χ2v) is 3.41. The van der Waals surface area contributed by atoms with Gasteiger partial charge in [0.1, 0.15) is 0 Å². The number of hydrogen-bond donors (Lipinski definition) is 1. The highest BCUT2D eigenvalue weighted by Crippen LogP contribution is 2.24. The lowest BCUT2D eigenvalue weighted by Gasteiger charge is -1.88. The van der Waals surface area contributed by atoms with Crippen molar-refractivity contribution in [3.8, 4) is 0 Å². The van der Waals surface area contributed by atoms with Gasteiger partial charge in [-0.15, -0.1) is 0 Å². The summed E-state index contributed by atoms with van der Waals surface area (Å²) in [4.78, 5) is 11.2. The van der Waals surface area contributed by atoms with Crippen molar-refractivity contribution in [1.82, 2.24) is 9.78 Å². The molecular formula is C6H8N2OS. The first-order chi connectivity index (χ1) is 4.79. The number of aryl methyl sites for hydroxylation is 1. The topological polar surface area (TPSA) is 37.8 Å². The van der Waals surface area contributed by atoms with Crippen LogP contribution in [-0.2, 0) is 18.6 Å². The molecule has 2 rings (SSSR count). The van der Waals surface area contributed by atoms with Crippen LogP contribution in [0, 0.1) is 0 Å². The van der Waals surface area contributed by atoms with Crippen LogP contribution in [-0.4, -0.2) is 9.78 Å². The highest BCUT2D eigenvalue weighted by atomic mass is 32.2. The number of thioether (sulfide) groups is 1. The van der Waals surface area contributed by atoms with E-state index in [2.05, 4.69) is 5.10 Å². The van der Waals surface area contributed by atoms with Crippen LogP contribution in [0.4, 0.5) is 0 Å². The summed E-state index contributed by atoms with van der Waals surface area (Å²) < 4.78 is 1.55. The number of fused-ring (bicyclic) bond motifs is 1. The number of nitrogens with zero attached hydrogens (tertiary/aromatic N) is 1. The molecule has 54 valence electrons. The highest BCUT2D eigenvalue weighted by molar-refractivity contribution is 7.98. The Morgan fingerprint density at radius 3 is 3.10 bits per heavy atom. The number of nitrogens with one attached hydrogen (secondary N) is 1. The summed E-state index contributed by atoms with van der Waals surface area (Å²) in [6.45, 7) is 0. The molecule has 0 fully saturated rings. The third-order valence-electron chi connectivity index (χ3n) is 1.72. The largest absolute Gasteiger partial charge is 0.299 e. The fraction of sp³-hybridized carbons (Fsp3) is 0.500. The van der Waals surface area contributed by atoms with Crippen molar-refractivity contribution in [1.29, 1.82) is 0 Å². The molecule has 1 aliphatic heterocycles. The molecule has 4 heteroatoms. The van der Waals surface area contributed by atoms with Gasteiger partial charge in [-0.1, -0.05) is 0 Å². The number of rotatable bonds is 0. The van der Waals surface area contributed by atoms with Gasteiger partial charge >= 0.3 is 0 Å². The maximum absolute atomic E-state index is 11.2. The first kappa shape index (κ1) is 6.09. The summed E-state index contributed by atoms with van der Waals surface area (Å²) >= 11 is 1.79. The van der Waals surface area contributed by atoms with Gasteiger partial charge in [-0.3, -0.25) is 14.6 Å². The minimum atomic E-state index is 0.139. The van der Waals surface area contributed by atoms with E-state index in [0.717, 1.165) is 22.8 Å². The Kier molecular flexibility index (Phi) is 1.17. The van der Waals surface area contributed by atoms with Gasteiger partial charge in [-0.2, -0.15) is 11.8 Å². The molecule has 0 atom stereocenters. The van der Waals surface area contributed by atoms with Crippen LogP contribution in [0.3, 0.4) is 0 Å². The van der Waals surface area contributed by atoms with Crippen LogP contribution in [0.15, 0.2) is 4.79 Å². The van der Waals surface area contributed by atoms with E-state index in [1.54, 1.807) is 23.5 Å². The molecule has 1 N–H and O–H groups in total. The third-order valence-corrected chi connectivity index (χ3v) is 2.71. The highest BCUT2D eigenvalue weighted by Gasteiger charge is 2.17. The number of aromatic amines is 1. The summed E-state index contributed by atoms with van der Waals surface area (Å²) in [5.41, 5.74) is 2.21. The Hall–Kier alpha value is -0.640. The second-order valence-electron chi connectivity index (χ2n) is 2.43. The quantitative estimate of drug-likeness (QED) is 0.592. The lowest BCUT2D eigenvalue weighted by atomic mass is 10.3. The molecule has 3 nitrogen and oxygen atoms in total. The molecule has 10 heavy (non-hydrogen) atoms. The van der Waals surface area contributed by atoms with Crippen LogP contribution >= 0.6 is 11.8 Å². The molecule has 0 unspecified atom stereocenters. The molecule has 1 aromatic heterocycles. The number of aromatic nitrogens is 2. The Balaban J connectivity index is 2.71. The molecule has 0 saturated carbocycles. The van der Waals surface area contributed by atoms with Crippen molar-refractivity contribution in [2.24, 2.45) is 7.05 Å². The van der Waals surface area contributed by atoms with Gasteiger partial charge in [0.2, 0.25) is 0 Å². The van der Waals surface area contributed by atoms with Gasteiger partial charge < -0.3 is 0 Å². The molecule has 0 saturated heterocycles. The summed E-state index contributed by atoms with van der Waals surface area (Å²) in [5.74, 6) is 1.84. The van der Waals surface area contributed by atoms with Crippen molar-refractivity contribution >= 4 is 11.8 Å². The zero-order valence-corrected chi connectivity index (χ0v) is 6.49. The van der Waals surface area contributed by atoms with Crippen molar-refractivity contribution in [2.75, 3.05) is 0 Å². The van der Waals surface area contributed by atoms with E-state index < -0.39 is 0 Å². The van der Waals surface area contributed by atoms with Crippen molar-refractivity contribution in [3.05, 3.63) is 21.6 Å². The van der Waals surface area contributed by atoms with Crippen LogP contribution in [0.25, 0.3) is 0 Å². The van der Waals surface area contributed by atoms with E-state index in [4.69, 9.17) is 0 Å². The Morgan fingerprint density at radius 1 is 1.60 bits per heavy atom. The zero-order chi connectivity index (χ0) is 7.14. The molecule has 0 aromatic carbocycles. The fourth-order valence-corrected chi connectivity index (χ4v) is 2.22. The number of H-pyrrole nitrogens is 1. The standard InChI is InChI=1S/C6H8N2OS/c1-8-6(9)4-2-10-3-5(4)7-8/h7H,2-3H2,1H3. The minimum Gasteiger partial charge on any atom is -0.299 e. The van der Waals surface area contributed by atoms with E-state index in [1.807, 2.05) is 0 Å². The maximum Gasteiger partial charge on any atom is 0.270 e. The van der Waals surface area contributed by atoms with Crippen molar-refractivity contribution < 1.29 is 0 Å². The van der Waals surface area contributed by atoms with Crippen LogP contribution in [0.2, 0.25) is 0 Å². The monoisotopic (exact) mass is 156 g/mol. The second kappa shape index (κ2) is 1.92. The van der Waals surface area contributed by atoms with E-state index >= 15 is 0 Å². The van der Waals surface area contributed by atoms with E-state index in [1.165, 1.54) is 0 Å². The van der Waals surface area contributed by atoms with Gasteiger partial charge in [0.05, 0.1) is 11.3 Å².